The van der Waals surface area contributed by atoms with E-state index in [2.05, 4.69) is 25.9 Å². The molecule has 6 N–H and O–H groups in total. The molecule has 0 aromatic heterocycles. The van der Waals surface area contributed by atoms with Gasteiger partial charge in [-0.3, -0.25) is 4.79 Å². The predicted octanol–water partition coefficient (Wildman–Crippen LogP) is 0.871. The Morgan fingerprint density at radius 3 is 2.47 bits per heavy atom. The van der Waals surface area contributed by atoms with Crippen LogP contribution in [0.3, 0.4) is 0 Å². The SMILES string of the molecule is CC(=O)c1cccc(Br)c1N=C(N)N=C(N)N. The first-order valence-electron chi connectivity index (χ1n) is 4.65. The second-order valence-electron chi connectivity index (χ2n) is 3.20. The Hall–Kier alpha value is -1.89. The van der Waals surface area contributed by atoms with Crippen LogP contribution in [0.4, 0.5) is 5.69 Å². The van der Waals surface area contributed by atoms with Gasteiger partial charge in [0, 0.05) is 10.0 Å². The number of aliphatic imine (C=N–C) groups is 2. The minimum Gasteiger partial charge on any atom is -0.370 e. The van der Waals surface area contributed by atoms with Crippen molar-refractivity contribution in [3.8, 4) is 0 Å². The van der Waals surface area contributed by atoms with Gasteiger partial charge in [0.2, 0.25) is 5.96 Å². The van der Waals surface area contributed by atoms with Crippen LogP contribution in [-0.2, 0) is 0 Å². The third kappa shape index (κ3) is 3.56. The van der Waals surface area contributed by atoms with Gasteiger partial charge in [-0.2, -0.15) is 4.99 Å². The van der Waals surface area contributed by atoms with Crippen molar-refractivity contribution in [1.82, 2.24) is 0 Å². The van der Waals surface area contributed by atoms with Crippen molar-refractivity contribution in [3.63, 3.8) is 0 Å². The van der Waals surface area contributed by atoms with Crippen LogP contribution in [0.5, 0.6) is 0 Å². The predicted molar refractivity (Wildman–Crippen MR) is 71.2 cm³/mol. The molecule has 7 heteroatoms. The van der Waals surface area contributed by atoms with Gasteiger partial charge in [-0.1, -0.05) is 6.07 Å². The Morgan fingerprint density at radius 1 is 1.29 bits per heavy atom. The van der Waals surface area contributed by atoms with Crippen LogP contribution < -0.4 is 17.2 Å². The van der Waals surface area contributed by atoms with Crippen LogP contribution >= 0.6 is 15.9 Å². The van der Waals surface area contributed by atoms with Gasteiger partial charge in [0.15, 0.2) is 11.7 Å². The maximum Gasteiger partial charge on any atom is 0.223 e. The lowest BCUT2D eigenvalue weighted by Gasteiger charge is -2.04. The lowest BCUT2D eigenvalue weighted by molar-refractivity contribution is 0.101. The zero-order valence-electron chi connectivity index (χ0n) is 9.14. The van der Waals surface area contributed by atoms with Crippen LogP contribution in [0.2, 0.25) is 0 Å². The molecule has 0 unspecified atom stereocenters. The van der Waals surface area contributed by atoms with Crippen LogP contribution in [0.1, 0.15) is 17.3 Å². The summed E-state index contributed by atoms with van der Waals surface area (Å²) in [4.78, 5) is 19.0. The minimum atomic E-state index is -0.192. The molecule has 1 aromatic carbocycles. The van der Waals surface area contributed by atoms with Gasteiger partial charge in [0.05, 0.1) is 5.69 Å². The van der Waals surface area contributed by atoms with Crippen molar-refractivity contribution in [1.29, 1.82) is 0 Å². The Bertz CT molecular complexity index is 505. The van der Waals surface area contributed by atoms with Crippen molar-refractivity contribution in [2.75, 3.05) is 0 Å². The third-order valence-electron chi connectivity index (χ3n) is 1.84. The second-order valence-corrected chi connectivity index (χ2v) is 4.05. The summed E-state index contributed by atoms with van der Waals surface area (Å²) in [7, 11) is 0. The van der Waals surface area contributed by atoms with Crippen molar-refractivity contribution >= 4 is 39.3 Å². The minimum absolute atomic E-state index is 0.112. The molecule has 0 spiro atoms. The standard InChI is InChI=1S/C10H12BrN5O/c1-5(17)6-3-2-4-7(11)8(6)15-10(14)16-9(12)13/h2-4H,1H3,(H6,12,13,14,15,16). The highest BCUT2D eigenvalue weighted by Gasteiger charge is 2.10. The van der Waals surface area contributed by atoms with Gasteiger partial charge in [-0.25, -0.2) is 4.99 Å². The zero-order chi connectivity index (χ0) is 13.0. The summed E-state index contributed by atoms with van der Waals surface area (Å²) in [5.74, 6) is -0.426. The fraction of sp³-hybridized carbons (Fsp3) is 0.100. The molecule has 1 rings (SSSR count). The number of para-hydroxylation sites is 1. The lowest BCUT2D eigenvalue weighted by atomic mass is 10.1. The molecule has 17 heavy (non-hydrogen) atoms. The summed E-state index contributed by atoms with van der Waals surface area (Å²) in [5, 5.41) is 0. The molecule has 0 saturated carbocycles. The number of ketones is 1. The van der Waals surface area contributed by atoms with E-state index >= 15 is 0 Å². The molecule has 0 heterocycles. The molecule has 0 saturated heterocycles. The van der Waals surface area contributed by atoms with Crippen LogP contribution in [0.25, 0.3) is 0 Å². The number of carbonyl (C=O) groups excluding carboxylic acids is 1. The first kappa shape index (κ1) is 13.2. The summed E-state index contributed by atoms with van der Waals surface area (Å²) in [6.45, 7) is 1.44. The normalized spacial score (nSPS) is 11.1. The van der Waals surface area contributed by atoms with Gasteiger partial charge < -0.3 is 17.2 Å². The molecular weight excluding hydrogens is 286 g/mol. The largest absolute Gasteiger partial charge is 0.370 e. The van der Waals surface area contributed by atoms with E-state index in [-0.39, 0.29) is 17.7 Å². The van der Waals surface area contributed by atoms with E-state index in [9.17, 15) is 4.79 Å². The maximum absolute atomic E-state index is 11.4. The first-order chi connectivity index (χ1) is 7.91. The molecule has 1 aromatic rings. The van der Waals surface area contributed by atoms with Crippen LogP contribution in [0.15, 0.2) is 32.7 Å². The number of hydrogen-bond acceptors (Lipinski definition) is 2. The maximum atomic E-state index is 11.4. The number of benzene rings is 1. The molecule has 6 nitrogen and oxygen atoms in total. The molecule has 90 valence electrons. The molecule has 0 aliphatic rings. The number of Topliss-reactive ketones (excluding diaryl/α,β-unsaturated/α-hetero) is 1. The molecule has 0 bridgehead atoms. The van der Waals surface area contributed by atoms with Crippen molar-refractivity contribution < 1.29 is 4.79 Å². The molecule has 0 fully saturated rings. The number of nitrogens with zero attached hydrogens (tertiary/aromatic N) is 2. The Morgan fingerprint density at radius 2 is 1.94 bits per heavy atom. The number of rotatable bonds is 2. The van der Waals surface area contributed by atoms with Gasteiger partial charge in [-0.15, -0.1) is 0 Å². The molecule has 0 atom stereocenters. The van der Waals surface area contributed by atoms with Crippen molar-refractivity contribution in [3.05, 3.63) is 28.2 Å². The summed E-state index contributed by atoms with van der Waals surface area (Å²) < 4.78 is 0.638. The molecule has 0 aliphatic carbocycles. The highest BCUT2D eigenvalue weighted by atomic mass is 79.9. The van der Waals surface area contributed by atoms with Gasteiger partial charge in [-0.05, 0) is 35.0 Å². The molecule has 0 aliphatic heterocycles. The summed E-state index contributed by atoms with van der Waals surface area (Å²) in [6.07, 6.45) is 0. The lowest BCUT2D eigenvalue weighted by Crippen LogP contribution is -2.26. The van der Waals surface area contributed by atoms with E-state index in [1.54, 1.807) is 18.2 Å². The fourth-order valence-corrected chi connectivity index (χ4v) is 1.64. The quantitative estimate of drug-likeness (QED) is 0.426. The van der Waals surface area contributed by atoms with E-state index < -0.39 is 0 Å². The number of nitrogens with two attached hydrogens (primary N) is 3. The molecule has 0 radical (unpaired) electrons. The smallest absolute Gasteiger partial charge is 0.223 e. The first-order valence-corrected chi connectivity index (χ1v) is 5.44. The van der Waals surface area contributed by atoms with Crippen molar-refractivity contribution in [2.24, 2.45) is 27.2 Å². The highest BCUT2D eigenvalue weighted by molar-refractivity contribution is 9.10. The van der Waals surface area contributed by atoms with E-state index in [4.69, 9.17) is 17.2 Å². The highest BCUT2D eigenvalue weighted by Crippen LogP contribution is 2.29. The third-order valence-corrected chi connectivity index (χ3v) is 2.48. The molecule has 0 amide bonds. The van der Waals surface area contributed by atoms with Crippen LogP contribution in [-0.4, -0.2) is 17.7 Å². The number of guanidine groups is 2. The molecular formula is C10H12BrN5O. The summed E-state index contributed by atoms with van der Waals surface area (Å²) in [5.41, 5.74) is 16.7. The fourth-order valence-electron chi connectivity index (χ4n) is 1.18. The number of carbonyl (C=O) groups is 1. The number of halogens is 1. The van der Waals surface area contributed by atoms with E-state index in [0.717, 1.165) is 0 Å². The monoisotopic (exact) mass is 297 g/mol. The van der Waals surface area contributed by atoms with E-state index in [1.807, 2.05) is 0 Å². The van der Waals surface area contributed by atoms with Gasteiger partial charge >= 0.3 is 0 Å². The average Bonchev–Trinajstić information content (AvgIpc) is 2.19. The van der Waals surface area contributed by atoms with Gasteiger partial charge in [0.1, 0.15) is 0 Å². The summed E-state index contributed by atoms with van der Waals surface area (Å²) in [6, 6.07) is 5.12. The number of hydrogen-bond donors (Lipinski definition) is 3. The van der Waals surface area contributed by atoms with Crippen molar-refractivity contribution in [2.45, 2.75) is 6.92 Å². The Balaban J connectivity index is 3.31. The van der Waals surface area contributed by atoms with E-state index in [1.165, 1.54) is 6.92 Å². The second kappa shape index (κ2) is 5.44. The van der Waals surface area contributed by atoms with Crippen LogP contribution in [0, 0.1) is 0 Å². The topological polar surface area (TPSA) is 120 Å². The zero-order valence-corrected chi connectivity index (χ0v) is 10.7. The van der Waals surface area contributed by atoms with Gasteiger partial charge in [0.25, 0.3) is 0 Å². The summed E-state index contributed by atoms with van der Waals surface area (Å²) >= 11 is 3.28. The Labute approximate surface area is 107 Å². The van der Waals surface area contributed by atoms with E-state index in [0.29, 0.717) is 15.7 Å². The Kier molecular flexibility index (Phi) is 4.22. The average molecular weight is 298 g/mol.